The fourth-order valence-corrected chi connectivity index (χ4v) is 4.44. The molecule has 1 aliphatic rings. The highest BCUT2D eigenvalue weighted by atomic mass is 16.6. The fourth-order valence-electron chi connectivity index (χ4n) is 4.44. The summed E-state index contributed by atoms with van der Waals surface area (Å²) in [5.41, 5.74) is 2.48. The lowest BCUT2D eigenvalue weighted by Gasteiger charge is -2.40. The van der Waals surface area contributed by atoms with E-state index in [1.807, 2.05) is 37.3 Å². The lowest BCUT2D eigenvalue weighted by Crippen LogP contribution is -2.57. The van der Waals surface area contributed by atoms with Crippen molar-refractivity contribution in [2.45, 2.75) is 51.7 Å². The quantitative estimate of drug-likeness (QED) is 0.513. The van der Waals surface area contributed by atoms with E-state index in [9.17, 15) is 14.9 Å². The number of ether oxygens (including phenoxy) is 2. The van der Waals surface area contributed by atoms with Gasteiger partial charge in [0, 0.05) is 24.3 Å². The molecular formula is C27H31N5O4. The van der Waals surface area contributed by atoms with Gasteiger partial charge in [0.05, 0.1) is 30.1 Å². The normalized spacial score (nSPS) is 15.2. The topological polar surface area (TPSA) is 109 Å². The van der Waals surface area contributed by atoms with E-state index in [4.69, 9.17) is 9.47 Å². The zero-order chi connectivity index (χ0) is 25.9. The summed E-state index contributed by atoms with van der Waals surface area (Å²) in [6.07, 6.45) is 4.54. The Morgan fingerprint density at radius 3 is 2.53 bits per heavy atom. The summed E-state index contributed by atoms with van der Waals surface area (Å²) < 4.78 is 12.7. The number of benzene rings is 1. The number of hydrogen-bond donors (Lipinski definition) is 1. The molecule has 0 unspecified atom stereocenters. The number of nitrogens with zero attached hydrogens (tertiary/aromatic N) is 4. The number of aromatic nitrogens is 2. The number of pyridine rings is 1. The van der Waals surface area contributed by atoms with Gasteiger partial charge in [-0.05, 0) is 64.3 Å². The second-order valence-electron chi connectivity index (χ2n) is 9.92. The maximum absolute atomic E-state index is 12.3. The molecule has 0 spiro atoms. The van der Waals surface area contributed by atoms with Crippen molar-refractivity contribution >= 4 is 23.6 Å². The van der Waals surface area contributed by atoms with Crippen molar-refractivity contribution in [2.75, 3.05) is 24.6 Å². The molecule has 3 heterocycles. The summed E-state index contributed by atoms with van der Waals surface area (Å²) in [6, 6.07) is 12.2. The van der Waals surface area contributed by atoms with Gasteiger partial charge in [0.15, 0.2) is 0 Å². The first-order valence-electron chi connectivity index (χ1n) is 12.0. The number of amides is 1. The third-order valence-electron chi connectivity index (χ3n) is 6.19. The third kappa shape index (κ3) is 5.28. The highest BCUT2D eigenvalue weighted by Gasteiger charge is 2.37. The molecule has 0 aliphatic carbocycles. The number of fused-ring (bicyclic) bond motifs is 1. The molecule has 3 aromatic rings. The summed E-state index contributed by atoms with van der Waals surface area (Å²) in [5.74, 6) is 0.676. The Bertz CT molecular complexity index is 1290. The van der Waals surface area contributed by atoms with Gasteiger partial charge in [0.1, 0.15) is 29.2 Å². The molecule has 4 rings (SSSR count). The average molecular weight is 490 g/mol. The van der Waals surface area contributed by atoms with E-state index in [1.54, 1.807) is 37.7 Å². The van der Waals surface area contributed by atoms with Gasteiger partial charge in [-0.25, -0.2) is 9.31 Å². The first-order valence-corrected chi connectivity index (χ1v) is 12.0. The largest absolute Gasteiger partial charge is 0.492 e. The number of piperidine rings is 1. The van der Waals surface area contributed by atoms with Crippen molar-refractivity contribution in [1.82, 2.24) is 14.9 Å². The molecule has 0 radical (unpaired) electrons. The minimum Gasteiger partial charge on any atom is -0.492 e. The van der Waals surface area contributed by atoms with E-state index in [-0.39, 0.29) is 0 Å². The minimum atomic E-state index is -0.931. The first-order chi connectivity index (χ1) is 17.2. The second kappa shape index (κ2) is 9.90. The van der Waals surface area contributed by atoms with Crippen molar-refractivity contribution in [2.24, 2.45) is 0 Å². The van der Waals surface area contributed by atoms with Crippen molar-refractivity contribution in [3.8, 4) is 22.9 Å². The smallest absolute Gasteiger partial charge is 0.408 e. The number of nitriles is 1. The van der Waals surface area contributed by atoms with Gasteiger partial charge in [-0.15, -0.1) is 0 Å². The number of anilines is 1. The number of hydrogen-bond acceptors (Lipinski definition) is 7. The zero-order valence-electron chi connectivity index (χ0n) is 21.1. The Hall–Kier alpha value is -4.06. The maximum atomic E-state index is 12.3. The second-order valence-corrected chi connectivity index (χ2v) is 9.92. The maximum Gasteiger partial charge on any atom is 0.408 e. The Morgan fingerprint density at radius 1 is 1.25 bits per heavy atom. The van der Waals surface area contributed by atoms with E-state index < -0.39 is 17.2 Å². The average Bonchev–Trinajstić information content (AvgIpc) is 3.26. The monoisotopic (exact) mass is 489 g/mol. The predicted molar refractivity (Wildman–Crippen MR) is 136 cm³/mol. The van der Waals surface area contributed by atoms with Crippen LogP contribution in [-0.2, 0) is 9.53 Å². The van der Waals surface area contributed by atoms with Crippen molar-refractivity contribution < 1.29 is 19.1 Å². The van der Waals surface area contributed by atoms with Crippen LogP contribution in [0.25, 0.3) is 16.6 Å². The zero-order valence-corrected chi connectivity index (χ0v) is 21.1. The van der Waals surface area contributed by atoms with Crippen LogP contribution < -0.4 is 15.0 Å². The number of alkyl carbamates (subject to hydrolysis) is 1. The van der Waals surface area contributed by atoms with E-state index in [2.05, 4.69) is 21.4 Å². The molecule has 9 heteroatoms. The predicted octanol–water partition coefficient (Wildman–Crippen LogP) is 4.33. The fraction of sp³-hybridized carbons (Fsp3) is 0.407. The van der Waals surface area contributed by atoms with Gasteiger partial charge in [0.2, 0.25) is 0 Å². The highest BCUT2D eigenvalue weighted by Crippen LogP contribution is 2.33. The van der Waals surface area contributed by atoms with E-state index in [0.29, 0.717) is 43.9 Å². The van der Waals surface area contributed by atoms with Crippen LogP contribution in [0.15, 0.2) is 42.7 Å². The summed E-state index contributed by atoms with van der Waals surface area (Å²) in [5, 5.41) is 16.6. The molecule has 1 aromatic carbocycles. The standard InChI is InChI=1S/C27H31N5O4/c1-5-35-22-14-23(24-20(15-28)16-29-32(24)17-22)19-6-8-21(9-7-19)31-12-10-27(18-33,11-13-31)30-25(34)36-26(2,3)4/h6-9,14,16-18H,5,10-13H2,1-4H3,(H,30,34). The number of carbonyl (C=O) groups is 2. The SMILES string of the molecule is CCOc1cc(-c2ccc(N3CCC(C=O)(NC(=O)OC(C)(C)C)CC3)cc2)c2c(C#N)cnn2c1. The molecule has 36 heavy (non-hydrogen) atoms. The van der Waals surface area contributed by atoms with Crippen LogP contribution in [0.3, 0.4) is 0 Å². The lowest BCUT2D eigenvalue weighted by molar-refractivity contribution is -0.114. The molecule has 1 N–H and O–H groups in total. The Morgan fingerprint density at radius 2 is 1.94 bits per heavy atom. The van der Waals surface area contributed by atoms with Gasteiger partial charge in [-0.3, -0.25) is 0 Å². The van der Waals surface area contributed by atoms with Gasteiger partial charge < -0.3 is 24.5 Å². The van der Waals surface area contributed by atoms with E-state index in [0.717, 1.165) is 28.6 Å². The van der Waals surface area contributed by atoms with Crippen LogP contribution in [0.4, 0.5) is 10.5 Å². The molecule has 1 saturated heterocycles. The summed E-state index contributed by atoms with van der Waals surface area (Å²) >= 11 is 0. The van der Waals surface area contributed by atoms with Crippen molar-refractivity contribution in [3.63, 3.8) is 0 Å². The van der Waals surface area contributed by atoms with Crippen LogP contribution in [-0.4, -0.2) is 52.8 Å². The molecule has 9 nitrogen and oxygen atoms in total. The lowest BCUT2D eigenvalue weighted by atomic mass is 9.89. The third-order valence-corrected chi connectivity index (χ3v) is 6.19. The summed E-state index contributed by atoms with van der Waals surface area (Å²) in [7, 11) is 0. The first kappa shape index (κ1) is 25.0. The molecular weight excluding hydrogens is 458 g/mol. The van der Waals surface area contributed by atoms with Crippen molar-refractivity contribution in [1.29, 1.82) is 5.26 Å². The number of nitrogens with one attached hydrogen (secondary N) is 1. The van der Waals surface area contributed by atoms with Crippen LogP contribution in [0, 0.1) is 11.3 Å². The van der Waals surface area contributed by atoms with Crippen LogP contribution >= 0.6 is 0 Å². The van der Waals surface area contributed by atoms with Crippen molar-refractivity contribution in [3.05, 3.63) is 48.3 Å². The van der Waals surface area contributed by atoms with Gasteiger partial charge in [-0.2, -0.15) is 10.4 Å². The molecule has 0 saturated carbocycles. The molecule has 0 bridgehead atoms. The Kier molecular flexibility index (Phi) is 6.88. The molecule has 188 valence electrons. The van der Waals surface area contributed by atoms with E-state index in [1.165, 1.54) is 0 Å². The van der Waals surface area contributed by atoms with E-state index >= 15 is 0 Å². The van der Waals surface area contributed by atoms with Crippen LogP contribution in [0.5, 0.6) is 5.75 Å². The summed E-state index contributed by atoms with van der Waals surface area (Å²) in [6.45, 7) is 9.04. The Balaban J connectivity index is 1.52. The molecule has 1 amide bonds. The van der Waals surface area contributed by atoms with Gasteiger partial charge in [-0.1, -0.05) is 12.1 Å². The van der Waals surface area contributed by atoms with Crippen LogP contribution in [0.2, 0.25) is 0 Å². The number of aldehydes is 1. The summed E-state index contributed by atoms with van der Waals surface area (Å²) in [4.78, 5) is 26.4. The highest BCUT2D eigenvalue weighted by molar-refractivity contribution is 5.86. The molecule has 1 fully saturated rings. The minimum absolute atomic E-state index is 0.482. The number of rotatable bonds is 6. The number of carbonyl (C=O) groups excluding carboxylic acids is 2. The Labute approximate surface area is 210 Å². The van der Waals surface area contributed by atoms with Crippen LogP contribution in [0.1, 0.15) is 46.1 Å². The molecule has 2 aromatic heterocycles. The molecule has 0 atom stereocenters. The molecule has 1 aliphatic heterocycles. The van der Waals surface area contributed by atoms with Gasteiger partial charge >= 0.3 is 6.09 Å². The van der Waals surface area contributed by atoms with Gasteiger partial charge in [0.25, 0.3) is 0 Å².